The van der Waals surface area contributed by atoms with E-state index in [2.05, 4.69) is 20.5 Å². The van der Waals surface area contributed by atoms with Crippen LogP contribution in [0, 0.1) is 0 Å². The summed E-state index contributed by atoms with van der Waals surface area (Å²) >= 11 is 1.67. The zero-order valence-electron chi connectivity index (χ0n) is 8.64. The molecule has 2 aromatic heterocycles. The zero-order chi connectivity index (χ0) is 11.2. The number of H-pyrrole nitrogens is 1. The summed E-state index contributed by atoms with van der Waals surface area (Å²) in [4.78, 5) is 16.6. The van der Waals surface area contributed by atoms with Gasteiger partial charge >= 0.3 is 0 Å². The normalized spacial score (nSPS) is 10.2. The Bertz CT molecular complexity index is 383. The number of carbonyl (C=O) groups excluding carboxylic acids is 1. The molecule has 6 heteroatoms. The lowest BCUT2D eigenvalue weighted by Gasteiger charge is -2.01. The Hall–Kier alpha value is -1.69. The average Bonchev–Trinajstić information content (AvgIpc) is 2.96. The molecule has 0 unspecified atom stereocenters. The molecule has 84 valence electrons. The standard InChI is InChI=1S/C10H12N4OS/c15-10(4-3-8-2-1-5-16-8)11-6-9-12-7-13-14-9/h1-2,5,7H,3-4,6H2,(H,11,15)(H,12,13,14). The molecule has 2 rings (SSSR count). The van der Waals surface area contributed by atoms with Crippen molar-refractivity contribution in [2.45, 2.75) is 19.4 Å². The summed E-state index contributed by atoms with van der Waals surface area (Å²) in [5.41, 5.74) is 0. The van der Waals surface area contributed by atoms with E-state index in [1.165, 1.54) is 11.2 Å². The van der Waals surface area contributed by atoms with Crippen LogP contribution in [-0.4, -0.2) is 21.1 Å². The van der Waals surface area contributed by atoms with Crippen molar-refractivity contribution in [3.8, 4) is 0 Å². The summed E-state index contributed by atoms with van der Waals surface area (Å²) in [6.07, 6.45) is 2.72. The summed E-state index contributed by atoms with van der Waals surface area (Å²) in [5.74, 6) is 0.703. The Kier molecular flexibility index (Phi) is 3.66. The van der Waals surface area contributed by atoms with E-state index in [0.29, 0.717) is 18.8 Å². The molecular weight excluding hydrogens is 224 g/mol. The van der Waals surface area contributed by atoms with Gasteiger partial charge in [-0.3, -0.25) is 9.89 Å². The largest absolute Gasteiger partial charge is 0.349 e. The fraction of sp³-hybridized carbons (Fsp3) is 0.300. The molecule has 0 bridgehead atoms. The molecule has 0 aliphatic rings. The summed E-state index contributed by atoms with van der Waals surface area (Å²) in [7, 11) is 0. The van der Waals surface area contributed by atoms with Crippen LogP contribution < -0.4 is 5.32 Å². The number of hydrogen-bond donors (Lipinski definition) is 2. The molecule has 0 fully saturated rings. The number of nitrogens with zero attached hydrogens (tertiary/aromatic N) is 2. The van der Waals surface area contributed by atoms with Crippen molar-refractivity contribution in [1.29, 1.82) is 0 Å². The van der Waals surface area contributed by atoms with Crippen LogP contribution in [0.5, 0.6) is 0 Å². The van der Waals surface area contributed by atoms with Gasteiger partial charge in [0.2, 0.25) is 5.91 Å². The van der Waals surface area contributed by atoms with Gasteiger partial charge in [-0.05, 0) is 17.9 Å². The molecule has 0 atom stereocenters. The van der Waals surface area contributed by atoms with Gasteiger partial charge in [-0.15, -0.1) is 11.3 Å². The maximum atomic E-state index is 11.5. The topological polar surface area (TPSA) is 70.7 Å². The van der Waals surface area contributed by atoms with Crippen molar-refractivity contribution in [1.82, 2.24) is 20.5 Å². The van der Waals surface area contributed by atoms with Gasteiger partial charge in [0, 0.05) is 11.3 Å². The minimum atomic E-state index is 0.0322. The van der Waals surface area contributed by atoms with E-state index in [9.17, 15) is 4.79 Å². The van der Waals surface area contributed by atoms with Crippen molar-refractivity contribution >= 4 is 17.2 Å². The van der Waals surface area contributed by atoms with E-state index in [1.807, 2.05) is 17.5 Å². The number of nitrogens with one attached hydrogen (secondary N) is 2. The third-order valence-corrected chi connectivity index (χ3v) is 3.03. The number of aromatic nitrogens is 3. The first-order valence-corrected chi connectivity index (χ1v) is 5.86. The highest BCUT2D eigenvalue weighted by Gasteiger charge is 2.03. The number of aromatic amines is 1. The lowest BCUT2D eigenvalue weighted by Crippen LogP contribution is -2.23. The van der Waals surface area contributed by atoms with Crippen molar-refractivity contribution in [2.24, 2.45) is 0 Å². The molecule has 0 aromatic carbocycles. The lowest BCUT2D eigenvalue weighted by atomic mass is 10.2. The fourth-order valence-electron chi connectivity index (χ4n) is 1.28. The highest BCUT2D eigenvalue weighted by molar-refractivity contribution is 7.09. The van der Waals surface area contributed by atoms with E-state index in [1.54, 1.807) is 11.3 Å². The minimum absolute atomic E-state index is 0.0322. The monoisotopic (exact) mass is 236 g/mol. The smallest absolute Gasteiger partial charge is 0.220 e. The molecule has 0 saturated heterocycles. The van der Waals surface area contributed by atoms with Gasteiger partial charge in [-0.1, -0.05) is 6.07 Å². The molecular formula is C10H12N4OS. The van der Waals surface area contributed by atoms with Gasteiger partial charge in [0.15, 0.2) is 0 Å². The Balaban J connectivity index is 1.69. The second-order valence-corrected chi connectivity index (χ2v) is 4.32. The highest BCUT2D eigenvalue weighted by Crippen LogP contribution is 2.10. The predicted octanol–water partition coefficient (Wildman–Crippen LogP) is 1.12. The third-order valence-electron chi connectivity index (χ3n) is 2.10. The van der Waals surface area contributed by atoms with Crippen molar-refractivity contribution in [2.75, 3.05) is 0 Å². The third kappa shape index (κ3) is 3.16. The first kappa shape index (κ1) is 10.8. The molecule has 0 saturated carbocycles. The van der Waals surface area contributed by atoms with Gasteiger partial charge in [-0.2, -0.15) is 5.10 Å². The molecule has 0 spiro atoms. The zero-order valence-corrected chi connectivity index (χ0v) is 9.46. The van der Waals surface area contributed by atoms with E-state index in [4.69, 9.17) is 0 Å². The van der Waals surface area contributed by atoms with Crippen LogP contribution >= 0.6 is 11.3 Å². The van der Waals surface area contributed by atoms with Crippen LogP contribution in [0.4, 0.5) is 0 Å². The quantitative estimate of drug-likeness (QED) is 0.817. The molecule has 1 amide bonds. The molecule has 0 aliphatic carbocycles. The summed E-state index contributed by atoms with van der Waals surface area (Å²) in [5, 5.41) is 11.2. The number of carbonyl (C=O) groups is 1. The van der Waals surface area contributed by atoms with Gasteiger partial charge in [0.25, 0.3) is 0 Å². The highest BCUT2D eigenvalue weighted by atomic mass is 32.1. The molecule has 2 N–H and O–H groups in total. The second kappa shape index (κ2) is 5.41. The summed E-state index contributed by atoms with van der Waals surface area (Å²) in [6, 6.07) is 4.03. The van der Waals surface area contributed by atoms with E-state index in [0.717, 1.165) is 6.42 Å². The van der Waals surface area contributed by atoms with E-state index >= 15 is 0 Å². The van der Waals surface area contributed by atoms with Crippen LogP contribution in [0.2, 0.25) is 0 Å². The first-order chi connectivity index (χ1) is 7.84. The number of thiophene rings is 1. The van der Waals surface area contributed by atoms with Crippen LogP contribution in [0.1, 0.15) is 17.1 Å². The Morgan fingerprint density at radius 2 is 2.50 bits per heavy atom. The molecule has 2 heterocycles. The molecule has 16 heavy (non-hydrogen) atoms. The lowest BCUT2D eigenvalue weighted by molar-refractivity contribution is -0.121. The van der Waals surface area contributed by atoms with Crippen LogP contribution in [0.25, 0.3) is 0 Å². The Morgan fingerprint density at radius 3 is 3.19 bits per heavy atom. The van der Waals surface area contributed by atoms with E-state index in [-0.39, 0.29) is 5.91 Å². The van der Waals surface area contributed by atoms with Crippen LogP contribution in [0.15, 0.2) is 23.8 Å². The van der Waals surface area contributed by atoms with Crippen molar-refractivity contribution < 1.29 is 4.79 Å². The van der Waals surface area contributed by atoms with Gasteiger partial charge in [0.1, 0.15) is 12.2 Å². The average molecular weight is 236 g/mol. The van der Waals surface area contributed by atoms with Gasteiger partial charge in [0.05, 0.1) is 6.54 Å². The molecule has 0 radical (unpaired) electrons. The number of rotatable bonds is 5. The van der Waals surface area contributed by atoms with Crippen LogP contribution in [0.3, 0.4) is 0 Å². The van der Waals surface area contributed by atoms with Crippen molar-refractivity contribution in [3.63, 3.8) is 0 Å². The second-order valence-electron chi connectivity index (χ2n) is 3.29. The number of aryl methyl sites for hydroxylation is 1. The minimum Gasteiger partial charge on any atom is -0.349 e. The Morgan fingerprint density at radius 1 is 1.56 bits per heavy atom. The first-order valence-electron chi connectivity index (χ1n) is 4.98. The fourth-order valence-corrected chi connectivity index (χ4v) is 1.99. The number of hydrogen-bond acceptors (Lipinski definition) is 4. The predicted molar refractivity (Wildman–Crippen MR) is 60.9 cm³/mol. The SMILES string of the molecule is O=C(CCc1cccs1)NCc1ncn[nH]1. The Labute approximate surface area is 96.9 Å². The molecule has 0 aliphatic heterocycles. The molecule has 2 aromatic rings. The summed E-state index contributed by atoms with van der Waals surface area (Å²) < 4.78 is 0. The molecule has 5 nitrogen and oxygen atoms in total. The van der Waals surface area contributed by atoms with Gasteiger partial charge < -0.3 is 5.32 Å². The van der Waals surface area contributed by atoms with Crippen LogP contribution in [-0.2, 0) is 17.8 Å². The summed E-state index contributed by atoms with van der Waals surface area (Å²) in [6.45, 7) is 0.406. The van der Waals surface area contributed by atoms with E-state index < -0.39 is 0 Å². The maximum Gasteiger partial charge on any atom is 0.220 e. The van der Waals surface area contributed by atoms with Crippen molar-refractivity contribution in [3.05, 3.63) is 34.5 Å². The maximum absolute atomic E-state index is 11.5. The number of amides is 1. The van der Waals surface area contributed by atoms with Gasteiger partial charge in [-0.25, -0.2) is 4.98 Å².